The number of hydrogen-bond acceptors (Lipinski definition) is 3. The van der Waals surface area contributed by atoms with Crippen molar-refractivity contribution in [1.82, 2.24) is 10.2 Å². The van der Waals surface area contributed by atoms with Crippen LogP contribution in [-0.2, 0) is 4.79 Å². The van der Waals surface area contributed by atoms with Crippen molar-refractivity contribution < 1.29 is 14.0 Å². The average Bonchev–Trinajstić information content (AvgIpc) is 3.01. The third-order valence-corrected chi connectivity index (χ3v) is 3.61. The molecule has 0 saturated heterocycles. The Kier molecular flexibility index (Phi) is 5.60. The van der Waals surface area contributed by atoms with E-state index in [1.807, 2.05) is 0 Å². The second-order valence-corrected chi connectivity index (χ2v) is 5.35. The van der Waals surface area contributed by atoms with Gasteiger partial charge in [0.25, 0.3) is 5.91 Å². The molecule has 1 aliphatic carbocycles. The molecule has 0 atom stereocenters. The first-order valence-electron chi connectivity index (χ1n) is 7.40. The molecule has 1 aromatic heterocycles. The molecular weight excluding hydrogens is 268 g/mol. The quantitative estimate of drug-likeness (QED) is 0.818. The van der Waals surface area contributed by atoms with Gasteiger partial charge in [0.15, 0.2) is 5.76 Å². The Bertz CT molecular complexity index is 506. The standard InChI is InChI=1S/C16H22N2O3/c1-18(16(20)14-8-5-11-21-14)12-15(19)17-10-9-13-6-3-2-4-7-13/h5-6,8,11H,2-4,7,9-10,12H2,1H3,(H,17,19). The summed E-state index contributed by atoms with van der Waals surface area (Å²) in [5, 5.41) is 2.86. The summed E-state index contributed by atoms with van der Waals surface area (Å²) >= 11 is 0. The van der Waals surface area contributed by atoms with Crippen LogP contribution in [0, 0.1) is 0 Å². The van der Waals surface area contributed by atoms with Crippen LogP contribution in [0.25, 0.3) is 0 Å². The summed E-state index contributed by atoms with van der Waals surface area (Å²) in [6.45, 7) is 0.673. The van der Waals surface area contributed by atoms with E-state index in [-0.39, 0.29) is 24.1 Å². The first-order valence-corrected chi connectivity index (χ1v) is 7.40. The molecule has 1 aliphatic rings. The van der Waals surface area contributed by atoms with Gasteiger partial charge < -0.3 is 14.6 Å². The lowest BCUT2D eigenvalue weighted by Crippen LogP contribution is -2.38. The molecule has 0 aromatic carbocycles. The first-order chi connectivity index (χ1) is 10.2. The van der Waals surface area contributed by atoms with E-state index in [1.54, 1.807) is 19.2 Å². The van der Waals surface area contributed by atoms with Crippen LogP contribution in [0.2, 0.25) is 0 Å². The fourth-order valence-electron chi connectivity index (χ4n) is 2.43. The Morgan fingerprint density at radius 2 is 2.24 bits per heavy atom. The summed E-state index contributed by atoms with van der Waals surface area (Å²) in [5.74, 6) is -0.184. The van der Waals surface area contributed by atoms with E-state index < -0.39 is 0 Å². The van der Waals surface area contributed by atoms with Gasteiger partial charge in [-0.15, -0.1) is 0 Å². The SMILES string of the molecule is CN(CC(=O)NCCC1=CCCCC1)C(=O)c1ccco1. The number of nitrogens with one attached hydrogen (secondary N) is 1. The third-order valence-electron chi connectivity index (χ3n) is 3.61. The highest BCUT2D eigenvalue weighted by Gasteiger charge is 2.16. The first kappa shape index (κ1) is 15.4. The van der Waals surface area contributed by atoms with Crippen molar-refractivity contribution in [3.63, 3.8) is 0 Å². The number of carbonyl (C=O) groups is 2. The van der Waals surface area contributed by atoms with Crippen LogP contribution in [0.1, 0.15) is 42.7 Å². The molecule has 1 heterocycles. The molecule has 0 fully saturated rings. The average molecular weight is 290 g/mol. The molecule has 0 saturated carbocycles. The fraction of sp³-hybridized carbons (Fsp3) is 0.500. The molecule has 114 valence electrons. The van der Waals surface area contributed by atoms with Crippen molar-refractivity contribution in [3.05, 3.63) is 35.8 Å². The number of allylic oxidation sites excluding steroid dienone is 1. The van der Waals surface area contributed by atoms with Gasteiger partial charge >= 0.3 is 0 Å². The van der Waals surface area contributed by atoms with Gasteiger partial charge in [-0.3, -0.25) is 9.59 Å². The van der Waals surface area contributed by atoms with Crippen molar-refractivity contribution in [1.29, 1.82) is 0 Å². The maximum Gasteiger partial charge on any atom is 0.289 e. The number of carbonyl (C=O) groups excluding carboxylic acids is 2. The summed E-state index contributed by atoms with van der Waals surface area (Å²) in [4.78, 5) is 25.1. The second-order valence-electron chi connectivity index (χ2n) is 5.35. The van der Waals surface area contributed by atoms with Crippen LogP contribution in [-0.4, -0.2) is 36.9 Å². The molecule has 1 aromatic rings. The zero-order valence-electron chi connectivity index (χ0n) is 12.4. The highest BCUT2D eigenvalue weighted by Crippen LogP contribution is 2.19. The van der Waals surface area contributed by atoms with Gasteiger partial charge in [0, 0.05) is 13.6 Å². The van der Waals surface area contributed by atoms with Gasteiger partial charge in [-0.05, 0) is 44.2 Å². The summed E-state index contributed by atoms with van der Waals surface area (Å²) in [7, 11) is 1.59. The predicted molar refractivity (Wildman–Crippen MR) is 79.8 cm³/mol. The van der Waals surface area contributed by atoms with Crippen LogP contribution in [0.15, 0.2) is 34.5 Å². The lowest BCUT2D eigenvalue weighted by molar-refractivity contribution is -0.121. The fourth-order valence-corrected chi connectivity index (χ4v) is 2.43. The number of nitrogens with zero attached hydrogens (tertiary/aromatic N) is 1. The lowest BCUT2D eigenvalue weighted by Gasteiger charge is -2.16. The second kappa shape index (κ2) is 7.67. The van der Waals surface area contributed by atoms with Gasteiger partial charge in [0.05, 0.1) is 12.8 Å². The molecule has 5 nitrogen and oxygen atoms in total. The largest absolute Gasteiger partial charge is 0.459 e. The van der Waals surface area contributed by atoms with Gasteiger partial charge in [0.1, 0.15) is 0 Å². The van der Waals surface area contributed by atoms with E-state index in [2.05, 4.69) is 11.4 Å². The van der Waals surface area contributed by atoms with Gasteiger partial charge in [-0.2, -0.15) is 0 Å². The monoisotopic (exact) mass is 290 g/mol. The highest BCUT2D eigenvalue weighted by atomic mass is 16.3. The van der Waals surface area contributed by atoms with E-state index in [0.29, 0.717) is 6.54 Å². The Morgan fingerprint density at radius 1 is 1.38 bits per heavy atom. The number of hydrogen-bond donors (Lipinski definition) is 1. The Balaban J connectivity index is 1.69. The third kappa shape index (κ3) is 4.77. The van der Waals surface area contributed by atoms with Crippen molar-refractivity contribution in [2.45, 2.75) is 32.1 Å². The molecule has 0 radical (unpaired) electrons. The number of amides is 2. The van der Waals surface area contributed by atoms with E-state index in [9.17, 15) is 9.59 Å². The smallest absolute Gasteiger partial charge is 0.289 e. The molecular formula is C16H22N2O3. The van der Waals surface area contributed by atoms with E-state index in [1.165, 1.54) is 29.6 Å². The van der Waals surface area contributed by atoms with Crippen molar-refractivity contribution in [2.75, 3.05) is 20.1 Å². The molecule has 21 heavy (non-hydrogen) atoms. The molecule has 2 rings (SSSR count). The van der Waals surface area contributed by atoms with Crippen LogP contribution in [0.4, 0.5) is 0 Å². The van der Waals surface area contributed by atoms with Crippen LogP contribution < -0.4 is 5.32 Å². The number of furan rings is 1. The zero-order chi connectivity index (χ0) is 15.1. The Morgan fingerprint density at radius 3 is 2.90 bits per heavy atom. The van der Waals surface area contributed by atoms with Crippen molar-refractivity contribution >= 4 is 11.8 Å². The molecule has 0 aliphatic heterocycles. The Labute approximate surface area is 125 Å². The van der Waals surface area contributed by atoms with Gasteiger partial charge in [0.2, 0.25) is 5.91 Å². The number of rotatable bonds is 6. The number of likely N-dealkylation sites (N-methyl/N-ethyl adjacent to an activating group) is 1. The van der Waals surface area contributed by atoms with E-state index in [4.69, 9.17) is 4.42 Å². The molecule has 5 heteroatoms. The summed E-state index contributed by atoms with van der Waals surface area (Å²) in [6, 6.07) is 3.24. The lowest BCUT2D eigenvalue weighted by atomic mass is 9.97. The summed E-state index contributed by atoms with van der Waals surface area (Å²) in [6.07, 6.45) is 9.45. The molecule has 1 N–H and O–H groups in total. The maximum atomic E-state index is 11.9. The summed E-state index contributed by atoms with van der Waals surface area (Å²) in [5.41, 5.74) is 1.43. The van der Waals surface area contributed by atoms with Crippen molar-refractivity contribution in [2.24, 2.45) is 0 Å². The van der Waals surface area contributed by atoms with Crippen molar-refractivity contribution in [3.8, 4) is 0 Å². The Hall–Kier alpha value is -2.04. The highest BCUT2D eigenvalue weighted by molar-refractivity contribution is 5.94. The van der Waals surface area contributed by atoms with Crippen LogP contribution >= 0.6 is 0 Å². The minimum atomic E-state index is -0.287. The normalized spacial score (nSPS) is 14.4. The van der Waals surface area contributed by atoms with E-state index >= 15 is 0 Å². The molecule has 2 amide bonds. The maximum absolute atomic E-state index is 11.9. The van der Waals surface area contributed by atoms with Crippen LogP contribution in [0.5, 0.6) is 0 Å². The van der Waals surface area contributed by atoms with Crippen LogP contribution in [0.3, 0.4) is 0 Å². The minimum Gasteiger partial charge on any atom is -0.459 e. The molecule has 0 spiro atoms. The van der Waals surface area contributed by atoms with Gasteiger partial charge in [-0.1, -0.05) is 11.6 Å². The zero-order valence-corrected chi connectivity index (χ0v) is 12.4. The van der Waals surface area contributed by atoms with E-state index in [0.717, 1.165) is 19.3 Å². The van der Waals surface area contributed by atoms with Gasteiger partial charge in [-0.25, -0.2) is 0 Å². The topological polar surface area (TPSA) is 62.6 Å². The summed E-state index contributed by atoms with van der Waals surface area (Å²) < 4.78 is 5.03. The molecule has 0 bridgehead atoms. The molecule has 0 unspecified atom stereocenters. The minimum absolute atomic E-state index is 0.0403. The predicted octanol–water partition coefficient (Wildman–Crippen LogP) is 2.36.